The Morgan fingerprint density at radius 1 is 0.412 bits per heavy atom. The van der Waals surface area contributed by atoms with Gasteiger partial charge < -0.3 is 9.64 Å². The van der Waals surface area contributed by atoms with Crippen LogP contribution in [0.3, 0.4) is 0 Å². The molecule has 0 radical (unpaired) electrons. The van der Waals surface area contributed by atoms with E-state index in [0.29, 0.717) is 6.04 Å². The van der Waals surface area contributed by atoms with Gasteiger partial charge in [0.25, 0.3) is 6.71 Å². The number of hydrogen-bond donors (Lipinski definition) is 0. The average molecular weight is 651 g/mol. The van der Waals surface area contributed by atoms with Crippen LogP contribution in [0.1, 0.15) is 1.37 Å². The van der Waals surface area contributed by atoms with Crippen LogP contribution in [0.2, 0.25) is 0 Å². The standard InChI is InChI=1S/C48H32BNO/c1-5-15-33(16-6-1)37-27-29-43-41(31-37)49-42-32-38(34-17-7-2-8-18-34)28-30-45(42)51-46-26-14-25-44(47(46)49)50(43)48-39(35-19-9-3-10-20-35)23-13-24-40(48)36-21-11-4-12-22-36/h1-32H/i14D. The smallest absolute Gasteiger partial charge is 0.256 e. The molecule has 10 rings (SSSR count). The molecule has 2 heterocycles. The van der Waals surface area contributed by atoms with Crippen molar-refractivity contribution in [2.75, 3.05) is 4.90 Å². The van der Waals surface area contributed by atoms with Gasteiger partial charge in [0.15, 0.2) is 0 Å². The lowest BCUT2D eigenvalue weighted by atomic mass is 9.34. The highest BCUT2D eigenvalue weighted by atomic mass is 16.5. The molecule has 0 amide bonds. The van der Waals surface area contributed by atoms with Crippen molar-refractivity contribution in [3.05, 3.63) is 194 Å². The Hall–Kier alpha value is -6.58. The monoisotopic (exact) mass is 650 g/mol. The van der Waals surface area contributed by atoms with E-state index >= 15 is 0 Å². The first-order valence-corrected chi connectivity index (χ1v) is 17.5. The fraction of sp³-hybridized carbons (Fsp3) is 0. The Labute approximate surface area is 300 Å². The highest BCUT2D eigenvalue weighted by Crippen LogP contribution is 2.48. The third-order valence-corrected chi connectivity index (χ3v) is 10.3. The average Bonchev–Trinajstić information content (AvgIpc) is 3.21. The molecule has 8 aromatic rings. The second kappa shape index (κ2) is 12.1. The lowest BCUT2D eigenvalue weighted by Crippen LogP contribution is -2.59. The van der Waals surface area contributed by atoms with E-state index in [1.54, 1.807) is 0 Å². The van der Waals surface area contributed by atoms with Crippen molar-refractivity contribution < 1.29 is 6.11 Å². The summed E-state index contributed by atoms with van der Waals surface area (Å²) in [4.78, 5) is 2.40. The Balaban J connectivity index is 1.30. The molecule has 0 atom stereocenters. The fourth-order valence-corrected chi connectivity index (χ4v) is 7.97. The number of benzene rings is 8. The Morgan fingerprint density at radius 3 is 1.53 bits per heavy atom. The molecule has 2 aliphatic rings. The summed E-state index contributed by atoms with van der Waals surface area (Å²) in [6.45, 7) is -0.114. The molecule has 2 aliphatic heterocycles. The predicted octanol–water partition coefficient (Wildman–Crippen LogP) is 10.8. The molecule has 0 spiro atoms. The molecule has 238 valence electrons. The van der Waals surface area contributed by atoms with E-state index in [2.05, 4.69) is 181 Å². The minimum Gasteiger partial charge on any atom is -0.458 e. The molecule has 0 aromatic heterocycles. The van der Waals surface area contributed by atoms with E-state index in [0.717, 1.165) is 78.4 Å². The highest BCUT2D eigenvalue weighted by Gasteiger charge is 2.42. The van der Waals surface area contributed by atoms with Crippen molar-refractivity contribution in [2.45, 2.75) is 0 Å². The van der Waals surface area contributed by atoms with Gasteiger partial charge in [-0.3, -0.25) is 0 Å². The summed E-state index contributed by atoms with van der Waals surface area (Å²) in [6.07, 6.45) is 0. The Morgan fingerprint density at radius 2 is 0.941 bits per heavy atom. The normalized spacial score (nSPS) is 12.7. The number of fused-ring (bicyclic) bond motifs is 4. The highest BCUT2D eigenvalue weighted by molar-refractivity contribution is 6.99. The van der Waals surface area contributed by atoms with E-state index in [9.17, 15) is 0 Å². The van der Waals surface area contributed by atoms with Crippen molar-refractivity contribution in [3.63, 3.8) is 0 Å². The third-order valence-electron chi connectivity index (χ3n) is 10.3. The van der Waals surface area contributed by atoms with E-state index in [1.165, 1.54) is 11.0 Å². The summed E-state index contributed by atoms with van der Waals surface area (Å²) in [6, 6.07) is 66.8. The lowest BCUT2D eigenvalue weighted by molar-refractivity contribution is 0.487. The first-order chi connectivity index (χ1) is 25.7. The van der Waals surface area contributed by atoms with Gasteiger partial charge in [-0.2, -0.15) is 0 Å². The van der Waals surface area contributed by atoms with Crippen LogP contribution < -0.4 is 26.0 Å². The number of para-hydroxylation sites is 1. The van der Waals surface area contributed by atoms with Gasteiger partial charge in [0, 0.05) is 22.5 Å². The Bertz CT molecular complexity index is 2550. The van der Waals surface area contributed by atoms with Gasteiger partial charge in [0.1, 0.15) is 11.5 Å². The van der Waals surface area contributed by atoms with Gasteiger partial charge >= 0.3 is 0 Å². The maximum absolute atomic E-state index is 9.11. The molecular formula is C48H32BNO. The number of hydrogen-bond acceptors (Lipinski definition) is 2. The van der Waals surface area contributed by atoms with Crippen molar-refractivity contribution in [3.8, 4) is 56.0 Å². The second-order valence-electron chi connectivity index (χ2n) is 13.2. The zero-order chi connectivity index (χ0) is 34.6. The lowest BCUT2D eigenvalue weighted by Gasteiger charge is -2.41. The first kappa shape index (κ1) is 28.3. The SMILES string of the molecule is [2H]c1cc2c3c(c1)N(c1c(-c4ccccc4)cccc1-c1ccccc1)c1ccc(-c4ccccc4)cc1B3c1cc(-c3ccccc3)ccc1O2. The molecule has 0 saturated heterocycles. The van der Waals surface area contributed by atoms with Crippen molar-refractivity contribution in [2.24, 2.45) is 0 Å². The van der Waals surface area contributed by atoms with E-state index < -0.39 is 0 Å². The van der Waals surface area contributed by atoms with Gasteiger partial charge in [-0.25, -0.2) is 0 Å². The van der Waals surface area contributed by atoms with Crippen LogP contribution in [0.4, 0.5) is 17.1 Å². The van der Waals surface area contributed by atoms with Crippen LogP contribution in [-0.4, -0.2) is 6.71 Å². The number of nitrogens with zero attached hydrogens (tertiary/aromatic N) is 1. The van der Waals surface area contributed by atoms with Crippen molar-refractivity contribution in [1.29, 1.82) is 0 Å². The third kappa shape index (κ3) is 4.89. The summed E-state index contributed by atoms with van der Waals surface area (Å²) in [5.74, 6) is 1.56. The molecule has 2 nitrogen and oxygen atoms in total. The maximum Gasteiger partial charge on any atom is 0.256 e. The van der Waals surface area contributed by atoms with Crippen LogP contribution in [0.25, 0.3) is 44.5 Å². The molecule has 0 saturated carbocycles. The molecular weight excluding hydrogens is 617 g/mol. The van der Waals surface area contributed by atoms with Crippen LogP contribution in [0, 0.1) is 0 Å². The predicted molar refractivity (Wildman–Crippen MR) is 214 cm³/mol. The molecule has 0 aliphatic carbocycles. The number of rotatable bonds is 5. The van der Waals surface area contributed by atoms with Crippen LogP contribution in [0.15, 0.2) is 194 Å². The van der Waals surface area contributed by atoms with Gasteiger partial charge in [-0.15, -0.1) is 0 Å². The summed E-state index contributed by atoms with van der Waals surface area (Å²) >= 11 is 0. The summed E-state index contributed by atoms with van der Waals surface area (Å²) in [5, 5.41) is 0. The minimum atomic E-state index is -0.114. The minimum absolute atomic E-state index is 0.114. The van der Waals surface area contributed by atoms with Crippen molar-refractivity contribution >= 4 is 40.2 Å². The van der Waals surface area contributed by atoms with E-state index in [4.69, 9.17) is 6.11 Å². The van der Waals surface area contributed by atoms with Gasteiger partial charge in [0.2, 0.25) is 0 Å². The van der Waals surface area contributed by atoms with Crippen LogP contribution >= 0.6 is 0 Å². The van der Waals surface area contributed by atoms with Gasteiger partial charge in [-0.1, -0.05) is 170 Å². The van der Waals surface area contributed by atoms with Crippen molar-refractivity contribution in [1.82, 2.24) is 0 Å². The molecule has 51 heavy (non-hydrogen) atoms. The Kier molecular flexibility index (Phi) is 6.70. The molecule has 3 heteroatoms. The zero-order valence-corrected chi connectivity index (χ0v) is 27.8. The number of ether oxygens (including phenoxy) is 1. The van der Waals surface area contributed by atoms with Gasteiger partial charge in [0.05, 0.1) is 7.06 Å². The maximum atomic E-state index is 9.11. The first-order valence-electron chi connectivity index (χ1n) is 18.0. The topological polar surface area (TPSA) is 12.5 Å². The van der Waals surface area contributed by atoms with Gasteiger partial charge in [-0.05, 0) is 74.0 Å². The summed E-state index contributed by atoms with van der Waals surface area (Å²) in [5.41, 5.74) is 15.7. The van der Waals surface area contributed by atoms with E-state index in [-0.39, 0.29) is 6.71 Å². The van der Waals surface area contributed by atoms with Crippen LogP contribution in [-0.2, 0) is 0 Å². The summed E-state index contributed by atoms with van der Waals surface area (Å²) < 4.78 is 15.9. The molecule has 0 fully saturated rings. The van der Waals surface area contributed by atoms with E-state index in [1.807, 2.05) is 12.1 Å². The zero-order valence-electron chi connectivity index (χ0n) is 28.8. The molecule has 8 aromatic carbocycles. The summed E-state index contributed by atoms with van der Waals surface area (Å²) in [7, 11) is 0. The van der Waals surface area contributed by atoms with Crippen LogP contribution in [0.5, 0.6) is 11.5 Å². The molecule has 0 unspecified atom stereocenters. The molecule has 0 bridgehead atoms. The quantitative estimate of drug-likeness (QED) is 0.172. The fourth-order valence-electron chi connectivity index (χ4n) is 7.97. The largest absolute Gasteiger partial charge is 0.458 e. The second-order valence-corrected chi connectivity index (χ2v) is 13.2. The molecule has 0 N–H and O–H groups in total. The number of anilines is 3.